The molecule has 0 spiro atoms. The van der Waals surface area contributed by atoms with E-state index in [0.717, 1.165) is 0 Å². The van der Waals surface area contributed by atoms with Gasteiger partial charge in [-0.3, -0.25) is 14.2 Å². The van der Waals surface area contributed by atoms with Gasteiger partial charge in [0.05, 0.1) is 41.7 Å². The zero-order chi connectivity index (χ0) is 23.2. The highest BCUT2D eigenvalue weighted by Crippen LogP contribution is 2.28. The van der Waals surface area contributed by atoms with Crippen molar-refractivity contribution >= 4 is 34.3 Å². The third kappa shape index (κ3) is 4.85. The number of anilines is 1. The molecule has 1 aromatic heterocycles. The van der Waals surface area contributed by atoms with E-state index < -0.39 is 0 Å². The molecule has 33 heavy (non-hydrogen) atoms. The number of fused-ring (bicyclic) bond motifs is 1. The Hall–Kier alpha value is -3.78. The van der Waals surface area contributed by atoms with Crippen LogP contribution >= 0.6 is 11.8 Å². The van der Waals surface area contributed by atoms with Crippen molar-refractivity contribution in [2.75, 3.05) is 24.8 Å². The first-order valence-corrected chi connectivity index (χ1v) is 11.4. The molecular formula is C25H23N3O4S. The van der Waals surface area contributed by atoms with Gasteiger partial charge in [-0.25, -0.2) is 4.98 Å². The second kappa shape index (κ2) is 10.2. The quantitative estimate of drug-likeness (QED) is 0.307. The normalized spacial score (nSPS) is 10.7. The SMILES string of the molecule is CCOc1ccccc1NC(=O)CSc1nc2ccccc2c(=O)n1-c1ccccc1OC. The van der Waals surface area contributed by atoms with Gasteiger partial charge in [-0.2, -0.15) is 0 Å². The lowest BCUT2D eigenvalue weighted by molar-refractivity contribution is -0.113. The number of carbonyl (C=O) groups excluding carboxylic acids is 1. The van der Waals surface area contributed by atoms with Gasteiger partial charge in [0.15, 0.2) is 5.16 Å². The number of nitrogens with zero attached hydrogens (tertiary/aromatic N) is 2. The Morgan fingerprint density at radius 3 is 2.48 bits per heavy atom. The largest absolute Gasteiger partial charge is 0.495 e. The van der Waals surface area contributed by atoms with E-state index >= 15 is 0 Å². The van der Waals surface area contributed by atoms with Crippen molar-refractivity contribution in [3.8, 4) is 17.2 Å². The van der Waals surface area contributed by atoms with Gasteiger partial charge >= 0.3 is 0 Å². The molecule has 0 saturated carbocycles. The molecule has 0 atom stereocenters. The van der Waals surface area contributed by atoms with Gasteiger partial charge in [0, 0.05) is 0 Å². The number of para-hydroxylation sites is 5. The molecule has 0 unspecified atom stereocenters. The summed E-state index contributed by atoms with van der Waals surface area (Å²) in [5.41, 5.74) is 1.50. The van der Waals surface area contributed by atoms with Gasteiger partial charge in [0.1, 0.15) is 11.5 Å². The Labute approximate surface area is 195 Å². The van der Waals surface area contributed by atoms with Crippen LogP contribution in [0.15, 0.2) is 82.7 Å². The van der Waals surface area contributed by atoms with Crippen LogP contribution in [0.25, 0.3) is 16.6 Å². The molecule has 0 aliphatic carbocycles. The van der Waals surface area contributed by atoms with E-state index in [1.165, 1.54) is 16.3 Å². The molecule has 1 N–H and O–H groups in total. The minimum absolute atomic E-state index is 0.0559. The van der Waals surface area contributed by atoms with Crippen LogP contribution in [0.3, 0.4) is 0 Å². The van der Waals surface area contributed by atoms with Crippen LogP contribution in [0, 0.1) is 0 Å². The summed E-state index contributed by atoms with van der Waals surface area (Å²) in [6, 6.07) is 21.6. The van der Waals surface area contributed by atoms with Crippen LogP contribution in [0.1, 0.15) is 6.92 Å². The zero-order valence-corrected chi connectivity index (χ0v) is 19.1. The van der Waals surface area contributed by atoms with Crippen molar-refractivity contribution in [3.63, 3.8) is 0 Å². The Kier molecular flexibility index (Phi) is 6.95. The molecule has 0 aliphatic heterocycles. The molecule has 0 bridgehead atoms. The molecule has 1 amide bonds. The minimum atomic E-state index is -0.235. The van der Waals surface area contributed by atoms with Crippen molar-refractivity contribution in [3.05, 3.63) is 83.2 Å². The highest BCUT2D eigenvalue weighted by molar-refractivity contribution is 7.99. The van der Waals surface area contributed by atoms with Crippen molar-refractivity contribution in [1.29, 1.82) is 0 Å². The summed E-state index contributed by atoms with van der Waals surface area (Å²) in [4.78, 5) is 30.8. The molecule has 7 nitrogen and oxygen atoms in total. The van der Waals surface area contributed by atoms with E-state index in [-0.39, 0.29) is 17.2 Å². The number of thioether (sulfide) groups is 1. The van der Waals surface area contributed by atoms with Crippen molar-refractivity contribution < 1.29 is 14.3 Å². The van der Waals surface area contributed by atoms with E-state index in [1.807, 2.05) is 37.3 Å². The first-order valence-electron chi connectivity index (χ1n) is 10.4. The van der Waals surface area contributed by atoms with E-state index in [9.17, 15) is 9.59 Å². The van der Waals surface area contributed by atoms with Gasteiger partial charge in [-0.1, -0.05) is 48.2 Å². The van der Waals surface area contributed by atoms with Crippen molar-refractivity contribution in [2.45, 2.75) is 12.1 Å². The maximum atomic E-state index is 13.4. The summed E-state index contributed by atoms with van der Waals surface area (Å²) < 4.78 is 12.5. The summed E-state index contributed by atoms with van der Waals surface area (Å²) in [5.74, 6) is 0.961. The highest BCUT2D eigenvalue weighted by atomic mass is 32.2. The third-order valence-electron chi connectivity index (χ3n) is 4.86. The average Bonchev–Trinajstić information content (AvgIpc) is 2.84. The van der Waals surface area contributed by atoms with Gasteiger partial charge in [0.2, 0.25) is 5.91 Å². The fourth-order valence-corrected chi connectivity index (χ4v) is 4.21. The van der Waals surface area contributed by atoms with Gasteiger partial charge in [-0.05, 0) is 43.3 Å². The van der Waals surface area contributed by atoms with Crippen molar-refractivity contribution in [2.24, 2.45) is 0 Å². The summed E-state index contributed by atoms with van der Waals surface area (Å²) >= 11 is 1.18. The Morgan fingerprint density at radius 1 is 1.00 bits per heavy atom. The number of methoxy groups -OCH3 is 1. The molecule has 8 heteroatoms. The summed E-state index contributed by atoms with van der Waals surface area (Å²) in [7, 11) is 1.55. The maximum Gasteiger partial charge on any atom is 0.266 e. The fraction of sp³-hybridized carbons (Fsp3) is 0.160. The number of nitrogens with one attached hydrogen (secondary N) is 1. The van der Waals surface area contributed by atoms with E-state index in [4.69, 9.17) is 9.47 Å². The fourth-order valence-electron chi connectivity index (χ4n) is 3.40. The topological polar surface area (TPSA) is 82.5 Å². The Bertz CT molecular complexity index is 1350. The first kappa shape index (κ1) is 22.4. The predicted octanol–water partition coefficient (Wildman–Crippen LogP) is 4.52. The van der Waals surface area contributed by atoms with E-state index in [2.05, 4.69) is 10.3 Å². The van der Waals surface area contributed by atoms with E-state index in [1.54, 1.807) is 49.6 Å². The Morgan fingerprint density at radius 2 is 1.70 bits per heavy atom. The lowest BCUT2D eigenvalue weighted by Crippen LogP contribution is -2.23. The molecule has 3 aromatic carbocycles. The number of benzene rings is 3. The van der Waals surface area contributed by atoms with Crippen molar-refractivity contribution in [1.82, 2.24) is 9.55 Å². The van der Waals surface area contributed by atoms with Crippen LogP contribution in [0.2, 0.25) is 0 Å². The van der Waals surface area contributed by atoms with Crippen LogP contribution in [0.4, 0.5) is 5.69 Å². The number of ether oxygens (including phenoxy) is 2. The van der Waals surface area contributed by atoms with Gasteiger partial charge in [-0.15, -0.1) is 0 Å². The monoisotopic (exact) mass is 461 g/mol. The zero-order valence-electron chi connectivity index (χ0n) is 18.3. The first-order chi connectivity index (χ1) is 16.1. The lowest BCUT2D eigenvalue weighted by Gasteiger charge is -2.16. The molecule has 0 radical (unpaired) electrons. The van der Waals surface area contributed by atoms with Gasteiger partial charge in [0.25, 0.3) is 5.56 Å². The lowest BCUT2D eigenvalue weighted by atomic mass is 10.2. The molecule has 4 rings (SSSR count). The second-order valence-electron chi connectivity index (χ2n) is 6.99. The number of rotatable bonds is 8. The van der Waals surface area contributed by atoms with E-state index in [0.29, 0.717) is 45.5 Å². The molecule has 1 heterocycles. The number of hydrogen-bond acceptors (Lipinski definition) is 6. The number of amides is 1. The summed E-state index contributed by atoms with van der Waals surface area (Å²) in [6.45, 7) is 2.38. The second-order valence-corrected chi connectivity index (χ2v) is 7.93. The Balaban J connectivity index is 1.68. The minimum Gasteiger partial charge on any atom is -0.495 e. The molecule has 0 aliphatic rings. The third-order valence-corrected chi connectivity index (χ3v) is 5.80. The van der Waals surface area contributed by atoms with Crippen LogP contribution in [0.5, 0.6) is 11.5 Å². The summed E-state index contributed by atoms with van der Waals surface area (Å²) in [5, 5.41) is 3.76. The molecule has 0 fully saturated rings. The predicted molar refractivity (Wildman–Crippen MR) is 131 cm³/mol. The molecular weight excluding hydrogens is 438 g/mol. The van der Waals surface area contributed by atoms with Crippen LogP contribution in [-0.2, 0) is 4.79 Å². The smallest absolute Gasteiger partial charge is 0.266 e. The number of aromatic nitrogens is 2. The maximum absolute atomic E-state index is 13.4. The van der Waals surface area contributed by atoms with Crippen LogP contribution < -0.4 is 20.3 Å². The van der Waals surface area contributed by atoms with Gasteiger partial charge < -0.3 is 14.8 Å². The summed E-state index contributed by atoms with van der Waals surface area (Å²) in [6.07, 6.45) is 0. The van der Waals surface area contributed by atoms with Crippen LogP contribution in [-0.4, -0.2) is 34.9 Å². The average molecular weight is 462 g/mol. The number of carbonyl (C=O) groups is 1. The molecule has 0 saturated heterocycles. The molecule has 4 aromatic rings. The standard InChI is InChI=1S/C25H23N3O4S/c1-3-32-21-14-8-6-12-19(21)26-23(29)16-33-25-27-18-11-5-4-10-17(18)24(30)28(25)20-13-7-9-15-22(20)31-2/h4-15H,3,16H2,1-2H3,(H,26,29). The molecule has 168 valence electrons. The highest BCUT2D eigenvalue weighted by Gasteiger charge is 2.17. The number of hydrogen-bond donors (Lipinski definition) is 1.